The van der Waals surface area contributed by atoms with Gasteiger partial charge < -0.3 is 4.90 Å². The zero-order valence-corrected chi connectivity index (χ0v) is 16.2. The van der Waals surface area contributed by atoms with Crippen LogP contribution in [0.1, 0.15) is 27.0 Å². The summed E-state index contributed by atoms with van der Waals surface area (Å²) in [6.07, 6.45) is 0. The molecule has 2 nitrogen and oxygen atoms in total. The van der Waals surface area contributed by atoms with E-state index in [0.29, 0.717) is 17.8 Å². The number of hydrogen-bond acceptors (Lipinski definition) is 1. The lowest BCUT2D eigenvalue weighted by Crippen LogP contribution is -2.29. The summed E-state index contributed by atoms with van der Waals surface area (Å²) < 4.78 is 0.778. The molecule has 0 aliphatic rings. The van der Waals surface area contributed by atoms with Crippen LogP contribution < -0.4 is 0 Å². The number of halogens is 1. The molecule has 0 atom stereocenters. The van der Waals surface area contributed by atoms with Crippen molar-refractivity contribution >= 4 is 27.5 Å². The minimum Gasteiger partial charge on any atom is -0.304 e. The van der Waals surface area contributed by atoms with Crippen molar-refractivity contribution in [3.8, 4) is 0 Å². The van der Waals surface area contributed by atoms with Gasteiger partial charge in [0.05, 0.1) is 12.1 Å². The van der Waals surface area contributed by atoms with Gasteiger partial charge in [0.1, 0.15) is 0 Å². The van der Waals surface area contributed by atoms with Crippen LogP contribution in [0.4, 0.5) is 0 Å². The summed E-state index contributed by atoms with van der Waals surface area (Å²) in [4.78, 5) is 15.0. The van der Waals surface area contributed by atoms with Gasteiger partial charge in [-0.2, -0.15) is 0 Å². The Kier molecular flexibility index (Phi) is 5.69. The summed E-state index contributed by atoms with van der Waals surface area (Å²) in [5, 5.41) is 0. The predicted octanol–water partition coefficient (Wildman–Crippen LogP) is 6.07. The van der Waals surface area contributed by atoms with E-state index in [0.717, 1.165) is 15.6 Å². The third-order valence-electron chi connectivity index (χ3n) is 4.24. The Morgan fingerprint density at radius 1 is 0.923 bits per heavy atom. The van der Waals surface area contributed by atoms with Crippen molar-refractivity contribution in [1.82, 2.24) is 4.90 Å². The molecule has 1 amide bonds. The maximum absolute atomic E-state index is 13.3. The van der Waals surface area contributed by atoms with Gasteiger partial charge in [-0.05, 0) is 46.1 Å². The van der Waals surface area contributed by atoms with Gasteiger partial charge in [-0.25, -0.2) is 0 Å². The van der Waals surface area contributed by atoms with Crippen LogP contribution in [0.2, 0.25) is 0 Å². The highest BCUT2D eigenvalue weighted by atomic mass is 79.9. The molecule has 3 aromatic carbocycles. The van der Waals surface area contributed by atoms with Crippen LogP contribution in [0.3, 0.4) is 0 Å². The fourth-order valence-corrected chi connectivity index (χ4v) is 3.19. The first-order valence-corrected chi connectivity index (χ1v) is 9.22. The number of carbonyl (C=O) groups is 1. The molecule has 130 valence electrons. The van der Waals surface area contributed by atoms with Crippen LogP contribution in [-0.2, 0) is 6.54 Å². The standard InChI is InChI=1S/C23H20BrNO/c1-17-12-14-20(15-13-17)18(2)25(16-19-8-4-3-5-9-19)23(26)21-10-6-7-11-22(21)24/h3-15H,2,16H2,1H3. The van der Waals surface area contributed by atoms with Crippen molar-refractivity contribution in [3.05, 3.63) is 112 Å². The van der Waals surface area contributed by atoms with E-state index in [2.05, 4.69) is 22.5 Å². The van der Waals surface area contributed by atoms with Crippen LogP contribution in [0.5, 0.6) is 0 Å². The lowest BCUT2D eigenvalue weighted by atomic mass is 10.1. The molecule has 0 aromatic heterocycles. The Bertz CT molecular complexity index is 916. The van der Waals surface area contributed by atoms with Gasteiger partial charge in [0.2, 0.25) is 0 Å². The molecule has 0 radical (unpaired) electrons. The number of rotatable bonds is 5. The first-order valence-electron chi connectivity index (χ1n) is 8.42. The molecule has 0 fully saturated rings. The van der Waals surface area contributed by atoms with Gasteiger partial charge in [-0.15, -0.1) is 0 Å². The smallest absolute Gasteiger partial charge is 0.259 e. The minimum absolute atomic E-state index is 0.0769. The largest absolute Gasteiger partial charge is 0.304 e. The summed E-state index contributed by atoms with van der Waals surface area (Å²) in [5.74, 6) is -0.0769. The van der Waals surface area contributed by atoms with Gasteiger partial charge in [-0.3, -0.25) is 4.79 Å². The van der Waals surface area contributed by atoms with Gasteiger partial charge in [-0.1, -0.05) is 78.9 Å². The molecule has 3 heteroatoms. The number of benzene rings is 3. The monoisotopic (exact) mass is 405 g/mol. The molecule has 0 bridgehead atoms. The van der Waals surface area contributed by atoms with Crippen molar-refractivity contribution in [1.29, 1.82) is 0 Å². The predicted molar refractivity (Wildman–Crippen MR) is 111 cm³/mol. The molecule has 0 aliphatic carbocycles. The number of aryl methyl sites for hydroxylation is 1. The van der Waals surface area contributed by atoms with E-state index in [9.17, 15) is 4.79 Å². The first-order chi connectivity index (χ1) is 12.6. The van der Waals surface area contributed by atoms with E-state index in [1.54, 1.807) is 4.90 Å². The number of carbonyl (C=O) groups excluding carboxylic acids is 1. The second-order valence-corrected chi connectivity index (χ2v) is 7.02. The maximum atomic E-state index is 13.3. The molecule has 3 rings (SSSR count). The second kappa shape index (κ2) is 8.15. The van der Waals surface area contributed by atoms with Crippen molar-refractivity contribution in [2.24, 2.45) is 0 Å². The molecule has 0 heterocycles. The lowest BCUT2D eigenvalue weighted by molar-refractivity contribution is 0.0827. The highest BCUT2D eigenvalue weighted by molar-refractivity contribution is 9.10. The topological polar surface area (TPSA) is 20.3 Å². The Labute approximate surface area is 162 Å². The van der Waals surface area contributed by atoms with Crippen molar-refractivity contribution in [3.63, 3.8) is 0 Å². The fourth-order valence-electron chi connectivity index (χ4n) is 2.74. The summed E-state index contributed by atoms with van der Waals surface area (Å²) in [6, 6.07) is 25.5. The van der Waals surface area contributed by atoms with Crippen LogP contribution in [0, 0.1) is 6.92 Å². The van der Waals surface area contributed by atoms with Crippen LogP contribution >= 0.6 is 15.9 Å². The SMILES string of the molecule is C=C(c1ccc(C)cc1)N(Cc1ccccc1)C(=O)c1ccccc1Br. The highest BCUT2D eigenvalue weighted by Gasteiger charge is 2.21. The van der Waals surface area contributed by atoms with E-state index in [4.69, 9.17) is 0 Å². The number of hydrogen-bond donors (Lipinski definition) is 0. The molecular formula is C23H20BrNO. The number of nitrogens with zero attached hydrogens (tertiary/aromatic N) is 1. The molecule has 3 aromatic rings. The third-order valence-corrected chi connectivity index (χ3v) is 4.94. The average Bonchev–Trinajstić information content (AvgIpc) is 2.67. The van der Waals surface area contributed by atoms with E-state index in [1.807, 2.05) is 85.8 Å². The summed E-state index contributed by atoms with van der Waals surface area (Å²) in [6.45, 7) is 6.73. The Balaban J connectivity index is 1.98. The molecule has 0 N–H and O–H groups in total. The molecule has 0 saturated carbocycles. The molecule has 0 aliphatic heterocycles. The van der Waals surface area contributed by atoms with E-state index in [-0.39, 0.29) is 5.91 Å². The van der Waals surface area contributed by atoms with Crippen molar-refractivity contribution in [2.75, 3.05) is 0 Å². The summed E-state index contributed by atoms with van der Waals surface area (Å²) >= 11 is 3.49. The highest BCUT2D eigenvalue weighted by Crippen LogP contribution is 2.26. The normalized spacial score (nSPS) is 10.4. The van der Waals surface area contributed by atoms with Crippen LogP contribution in [0.15, 0.2) is 89.9 Å². The van der Waals surface area contributed by atoms with Gasteiger partial charge in [0, 0.05) is 10.2 Å². The maximum Gasteiger partial charge on any atom is 0.259 e. The van der Waals surface area contributed by atoms with E-state index in [1.165, 1.54) is 5.56 Å². The van der Waals surface area contributed by atoms with E-state index >= 15 is 0 Å². The van der Waals surface area contributed by atoms with Crippen molar-refractivity contribution < 1.29 is 4.79 Å². The second-order valence-electron chi connectivity index (χ2n) is 6.17. The lowest BCUT2D eigenvalue weighted by Gasteiger charge is -2.26. The van der Waals surface area contributed by atoms with Gasteiger partial charge in [0.15, 0.2) is 0 Å². The average molecular weight is 406 g/mol. The number of amides is 1. The van der Waals surface area contributed by atoms with Gasteiger partial charge >= 0.3 is 0 Å². The van der Waals surface area contributed by atoms with Gasteiger partial charge in [0.25, 0.3) is 5.91 Å². The molecule has 0 spiro atoms. The zero-order valence-electron chi connectivity index (χ0n) is 14.7. The summed E-state index contributed by atoms with van der Waals surface area (Å²) in [7, 11) is 0. The summed E-state index contributed by atoms with van der Waals surface area (Å²) in [5.41, 5.74) is 4.48. The molecule has 26 heavy (non-hydrogen) atoms. The zero-order chi connectivity index (χ0) is 18.5. The van der Waals surface area contributed by atoms with Crippen molar-refractivity contribution in [2.45, 2.75) is 13.5 Å². The molecular weight excluding hydrogens is 386 g/mol. The Morgan fingerprint density at radius 2 is 1.54 bits per heavy atom. The van der Waals surface area contributed by atoms with E-state index < -0.39 is 0 Å². The third kappa shape index (κ3) is 4.12. The Morgan fingerprint density at radius 3 is 2.19 bits per heavy atom. The first kappa shape index (κ1) is 18.2. The van der Waals surface area contributed by atoms with Crippen LogP contribution in [-0.4, -0.2) is 10.8 Å². The Hall–Kier alpha value is -2.65. The quantitative estimate of drug-likeness (QED) is 0.504. The fraction of sp³-hybridized carbons (Fsp3) is 0.0870. The molecule has 0 unspecified atom stereocenters. The van der Waals surface area contributed by atoms with Crippen LogP contribution in [0.25, 0.3) is 5.70 Å². The minimum atomic E-state index is -0.0769. The molecule has 0 saturated heterocycles.